The second-order valence-corrected chi connectivity index (χ2v) is 19.1. The van der Waals surface area contributed by atoms with Crippen LogP contribution in [0.1, 0.15) is 44.1 Å². The number of hydrogen-bond acceptors (Lipinski definition) is 1. The summed E-state index contributed by atoms with van der Waals surface area (Å²) >= 11 is 0. The highest BCUT2D eigenvalue weighted by Gasteiger charge is 2.51. The van der Waals surface area contributed by atoms with E-state index >= 15 is 0 Å². The summed E-state index contributed by atoms with van der Waals surface area (Å²) in [5.41, 5.74) is 16.5. The van der Waals surface area contributed by atoms with Gasteiger partial charge in [0.25, 0.3) is 0 Å². The predicted molar refractivity (Wildman–Crippen MR) is 269 cm³/mol. The van der Waals surface area contributed by atoms with E-state index < -0.39 is 0 Å². The van der Waals surface area contributed by atoms with Gasteiger partial charge in [0.1, 0.15) is 0 Å². The van der Waals surface area contributed by atoms with Crippen molar-refractivity contribution in [3.05, 3.63) is 218 Å². The van der Waals surface area contributed by atoms with Gasteiger partial charge in [-0.25, -0.2) is 0 Å². The fourth-order valence-corrected chi connectivity index (χ4v) is 13.0. The van der Waals surface area contributed by atoms with Gasteiger partial charge in [-0.15, -0.1) is 0 Å². The van der Waals surface area contributed by atoms with Crippen LogP contribution in [0.4, 0.5) is 17.1 Å². The SMILES string of the molecule is c1ccc(-c2cccc3cccc(-c4ccc(N(c5ccc(-c6cccc7c6c6ccccc6n7-c6ccccc6)cc5)c5ccc(C67CC8CC(CC(C8)C6)C7)cc5)cc4)c23)cc1. The number of nitrogens with zero attached hydrogens (tertiary/aromatic N) is 2. The molecule has 0 amide bonds. The Morgan fingerprint density at radius 2 is 0.828 bits per heavy atom. The Morgan fingerprint density at radius 3 is 1.41 bits per heavy atom. The third kappa shape index (κ3) is 6.14. The standard InChI is InChI=1S/C62H50N2/c1-3-12-45(13-4-1)54-19-9-14-48-15-10-20-55(60(48)54)46-24-30-51(31-25-46)63(53-34-28-49(29-35-53)62-39-42-36-43(40-62)38-44(37-42)41-62)52-32-26-47(27-33-52)56-21-11-23-59-61(56)57-18-7-8-22-58(57)64(59)50-16-5-2-6-17-50/h1-35,42-44H,36-41H2. The molecular formula is C62H50N2. The summed E-state index contributed by atoms with van der Waals surface area (Å²) in [6, 6.07) is 78.9. The summed E-state index contributed by atoms with van der Waals surface area (Å²) in [7, 11) is 0. The molecule has 0 atom stereocenters. The summed E-state index contributed by atoms with van der Waals surface area (Å²) in [6.07, 6.45) is 8.53. The van der Waals surface area contributed by atoms with Crippen LogP contribution in [-0.4, -0.2) is 4.57 Å². The van der Waals surface area contributed by atoms with Crippen LogP contribution < -0.4 is 4.90 Å². The van der Waals surface area contributed by atoms with E-state index in [1.165, 1.54) is 116 Å². The lowest BCUT2D eigenvalue weighted by atomic mass is 9.48. The van der Waals surface area contributed by atoms with Crippen molar-refractivity contribution in [2.75, 3.05) is 4.90 Å². The number of hydrogen-bond donors (Lipinski definition) is 0. The monoisotopic (exact) mass is 822 g/mol. The highest BCUT2D eigenvalue weighted by molar-refractivity contribution is 6.16. The highest BCUT2D eigenvalue weighted by atomic mass is 15.1. The van der Waals surface area contributed by atoms with E-state index in [1.807, 2.05) is 0 Å². The lowest BCUT2D eigenvalue weighted by Crippen LogP contribution is -2.48. The molecule has 14 rings (SSSR count). The molecule has 0 saturated heterocycles. The summed E-state index contributed by atoms with van der Waals surface area (Å²) in [5.74, 6) is 2.77. The Kier molecular flexibility index (Phi) is 8.76. The molecule has 0 radical (unpaired) electrons. The molecule has 1 aromatic heterocycles. The quantitative estimate of drug-likeness (QED) is 0.148. The van der Waals surface area contributed by atoms with Crippen molar-refractivity contribution < 1.29 is 0 Å². The average molecular weight is 823 g/mol. The van der Waals surface area contributed by atoms with Crippen LogP contribution in [0.3, 0.4) is 0 Å². The smallest absolute Gasteiger partial charge is 0.0547 e. The highest BCUT2D eigenvalue weighted by Crippen LogP contribution is 2.61. The van der Waals surface area contributed by atoms with Gasteiger partial charge in [0.2, 0.25) is 0 Å². The molecule has 0 unspecified atom stereocenters. The minimum atomic E-state index is 0.364. The lowest BCUT2D eigenvalue weighted by Gasteiger charge is -2.57. The minimum absolute atomic E-state index is 0.364. The summed E-state index contributed by atoms with van der Waals surface area (Å²) in [5, 5.41) is 5.10. The van der Waals surface area contributed by atoms with E-state index in [-0.39, 0.29) is 0 Å². The van der Waals surface area contributed by atoms with Crippen molar-refractivity contribution in [3.8, 4) is 39.1 Å². The fraction of sp³-hybridized carbons (Fsp3) is 0.161. The van der Waals surface area contributed by atoms with Crippen LogP contribution in [-0.2, 0) is 5.41 Å². The number of fused-ring (bicyclic) bond motifs is 4. The zero-order valence-corrected chi connectivity index (χ0v) is 36.1. The van der Waals surface area contributed by atoms with Gasteiger partial charge < -0.3 is 9.47 Å². The lowest BCUT2D eigenvalue weighted by molar-refractivity contribution is -0.00518. The van der Waals surface area contributed by atoms with Gasteiger partial charge in [-0.2, -0.15) is 0 Å². The maximum absolute atomic E-state index is 2.49. The number of rotatable bonds is 8. The van der Waals surface area contributed by atoms with Gasteiger partial charge in [0, 0.05) is 33.5 Å². The van der Waals surface area contributed by atoms with E-state index in [0.717, 1.165) is 29.1 Å². The molecule has 308 valence electrons. The molecular weight excluding hydrogens is 773 g/mol. The molecule has 0 N–H and O–H groups in total. The molecule has 0 aliphatic heterocycles. The molecule has 1 heterocycles. The molecule has 9 aromatic carbocycles. The van der Waals surface area contributed by atoms with Crippen LogP contribution in [0.15, 0.2) is 212 Å². The first-order valence-electron chi connectivity index (χ1n) is 23.4. The van der Waals surface area contributed by atoms with Gasteiger partial charge in [0.05, 0.1) is 11.0 Å². The molecule has 4 fully saturated rings. The van der Waals surface area contributed by atoms with Crippen LogP contribution in [0, 0.1) is 17.8 Å². The van der Waals surface area contributed by atoms with Crippen molar-refractivity contribution in [3.63, 3.8) is 0 Å². The first-order chi connectivity index (χ1) is 31.7. The Bertz CT molecular complexity index is 3280. The maximum atomic E-state index is 2.49. The van der Waals surface area contributed by atoms with E-state index in [2.05, 4.69) is 222 Å². The van der Waals surface area contributed by atoms with E-state index in [1.54, 1.807) is 5.56 Å². The van der Waals surface area contributed by atoms with Gasteiger partial charge in [-0.1, -0.05) is 152 Å². The zero-order valence-electron chi connectivity index (χ0n) is 36.1. The van der Waals surface area contributed by atoms with Crippen molar-refractivity contribution in [2.45, 2.75) is 43.9 Å². The van der Waals surface area contributed by atoms with Gasteiger partial charge >= 0.3 is 0 Å². The van der Waals surface area contributed by atoms with Crippen molar-refractivity contribution in [1.82, 2.24) is 4.57 Å². The van der Waals surface area contributed by atoms with Crippen LogP contribution >= 0.6 is 0 Å². The van der Waals surface area contributed by atoms with Gasteiger partial charge in [0.15, 0.2) is 0 Å². The first kappa shape index (κ1) is 37.4. The fourth-order valence-electron chi connectivity index (χ4n) is 13.0. The predicted octanol–water partition coefficient (Wildman–Crippen LogP) is 16.9. The first-order valence-corrected chi connectivity index (χ1v) is 23.4. The van der Waals surface area contributed by atoms with Gasteiger partial charge in [-0.05, 0) is 172 Å². The Balaban J connectivity index is 0.911. The third-order valence-corrected chi connectivity index (χ3v) is 15.4. The minimum Gasteiger partial charge on any atom is -0.311 e. The Hall–Kier alpha value is -7.16. The Morgan fingerprint density at radius 1 is 0.375 bits per heavy atom. The van der Waals surface area contributed by atoms with Crippen molar-refractivity contribution in [1.29, 1.82) is 0 Å². The molecule has 2 nitrogen and oxygen atoms in total. The van der Waals surface area contributed by atoms with E-state index in [4.69, 9.17) is 0 Å². The second kappa shape index (κ2) is 15.0. The van der Waals surface area contributed by atoms with E-state index in [9.17, 15) is 0 Å². The zero-order chi connectivity index (χ0) is 42.2. The Labute approximate surface area is 376 Å². The van der Waals surface area contributed by atoms with Crippen LogP contribution in [0.5, 0.6) is 0 Å². The summed E-state index contributed by atoms with van der Waals surface area (Å²) < 4.78 is 2.40. The number of anilines is 3. The molecule has 0 spiro atoms. The third-order valence-electron chi connectivity index (χ3n) is 15.4. The molecule has 2 heteroatoms. The van der Waals surface area contributed by atoms with Crippen molar-refractivity contribution in [2.24, 2.45) is 17.8 Å². The number of benzene rings is 9. The topological polar surface area (TPSA) is 8.17 Å². The molecule has 64 heavy (non-hydrogen) atoms. The molecule has 4 saturated carbocycles. The molecule has 4 aliphatic rings. The van der Waals surface area contributed by atoms with Gasteiger partial charge in [-0.3, -0.25) is 0 Å². The van der Waals surface area contributed by atoms with Crippen LogP contribution in [0.25, 0.3) is 71.6 Å². The van der Waals surface area contributed by atoms with Crippen LogP contribution in [0.2, 0.25) is 0 Å². The van der Waals surface area contributed by atoms with E-state index in [0.29, 0.717) is 5.41 Å². The summed E-state index contributed by atoms with van der Waals surface area (Å²) in [6.45, 7) is 0. The maximum Gasteiger partial charge on any atom is 0.0547 e. The average Bonchev–Trinajstić information content (AvgIpc) is 3.69. The largest absolute Gasteiger partial charge is 0.311 e. The molecule has 10 aromatic rings. The number of para-hydroxylation sites is 2. The molecule has 4 bridgehead atoms. The summed E-state index contributed by atoms with van der Waals surface area (Å²) in [4.78, 5) is 2.46. The molecule has 4 aliphatic carbocycles. The normalized spacial score (nSPS) is 20.0. The number of aromatic nitrogens is 1. The second-order valence-electron chi connectivity index (χ2n) is 19.1. The van der Waals surface area contributed by atoms with Crippen molar-refractivity contribution >= 4 is 49.6 Å².